The lowest BCUT2D eigenvalue weighted by molar-refractivity contribution is 0.0505. The summed E-state index contributed by atoms with van der Waals surface area (Å²) in [7, 11) is 0. The molecule has 1 aliphatic carbocycles. The van der Waals surface area contributed by atoms with Crippen molar-refractivity contribution in [2.45, 2.75) is 39.5 Å². The van der Waals surface area contributed by atoms with Gasteiger partial charge in [0.1, 0.15) is 5.00 Å². The molecular formula is C20H23ClN2O3S. The summed E-state index contributed by atoms with van der Waals surface area (Å²) in [5.74, 6) is 0.220. The van der Waals surface area contributed by atoms with Gasteiger partial charge in [-0.3, -0.25) is 5.32 Å². The van der Waals surface area contributed by atoms with Crippen molar-refractivity contribution in [1.82, 2.24) is 0 Å². The molecule has 2 N–H and O–H groups in total. The fraction of sp³-hybridized carbons (Fsp3) is 0.400. The summed E-state index contributed by atoms with van der Waals surface area (Å²) >= 11 is 7.34. The van der Waals surface area contributed by atoms with Crippen molar-refractivity contribution in [3.63, 3.8) is 0 Å². The first kappa shape index (κ1) is 19.7. The van der Waals surface area contributed by atoms with Crippen LogP contribution in [0.2, 0.25) is 5.02 Å². The summed E-state index contributed by atoms with van der Waals surface area (Å²) < 4.78 is 5.36. The number of hydrogen-bond acceptors (Lipinski definition) is 4. The van der Waals surface area contributed by atoms with E-state index in [9.17, 15) is 9.59 Å². The fourth-order valence-corrected chi connectivity index (χ4v) is 4.64. The third-order valence-electron chi connectivity index (χ3n) is 4.48. The molecule has 0 radical (unpaired) electrons. The zero-order valence-electron chi connectivity index (χ0n) is 15.4. The van der Waals surface area contributed by atoms with Crippen LogP contribution in [0.1, 0.15) is 47.5 Å². The van der Waals surface area contributed by atoms with Gasteiger partial charge < -0.3 is 10.1 Å². The summed E-state index contributed by atoms with van der Waals surface area (Å²) in [6.45, 7) is 4.53. The van der Waals surface area contributed by atoms with Crippen molar-refractivity contribution in [3.05, 3.63) is 45.3 Å². The number of hydrogen-bond donors (Lipinski definition) is 2. The molecule has 1 aliphatic rings. The minimum atomic E-state index is -0.395. The van der Waals surface area contributed by atoms with E-state index >= 15 is 0 Å². The molecule has 5 nitrogen and oxygen atoms in total. The van der Waals surface area contributed by atoms with Crippen molar-refractivity contribution < 1.29 is 14.3 Å². The van der Waals surface area contributed by atoms with Gasteiger partial charge in [-0.15, -0.1) is 11.3 Å². The van der Waals surface area contributed by atoms with E-state index in [4.69, 9.17) is 16.3 Å². The number of ether oxygens (including phenoxy) is 1. The van der Waals surface area contributed by atoms with Crippen molar-refractivity contribution in [1.29, 1.82) is 0 Å². The number of urea groups is 1. The Balaban J connectivity index is 1.81. The zero-order valence-corrected chi connectivity index (χ0v) is 17.0. The number of esters is 1. The summed E-state index contributed by atoms with van der Waals surface area (Å²) in [4.78, 5) is 26.2. The number of fused-ring (bicyclic) bond motifs is 1. The minimum Gasteiger partial charge on any atom is -0.462 e. The second-order valence-electron chi connectivity index (χ2n) is 6.78. The fourth-order valence-electron chi connectivity index (χ4n) is 3.12. The summed E-state index contributed by atoms with van der Waals surface area (Å²) in [5, 5.41) is 6.76. The average Bonchev–Trinajstić information content (AvgIpc) is 2.98. The van der Waals surface area contributed by atoms with E-state index in [1.54, 1.807) is 24.3 Å². The van der Waals surface area contributed by atoms with Gasteiger partial charge in [0.25, 0.3) is 0 Å². The first-order chi connectivity index (χ1) is 13.0. The van der Waals surface area contributed by atoms with Crippen LogP contribution in [-0.2, 0) is 17.6 Å². The van der Waals surface area contributed by atoms with E-state index < -0.39 is 6.03 Å². The van der Waals surface area contributed by atoms with E-state index in [2.05, 4.69) is 17.6 Å². The van der Waals surface area contributed by atoms with E-state index in [0.717, 1.165) is 31.2 Å². The highest BCUT2D eigenvalue weighted by Crippen LogP contribution is 2.40. The molecule has 1 aromatic heterocycles. The van der Waals surface area contributed by atoms with Crippen LogP contribution in [0.5, 0.6) is 0 Å². The van der Waals surface area contributed by atoms with E-state index in [1.807, 2.05) is 6.92 Å². The number of rotatable bonds is 5. The molecule has 0 saturated carbocycles. The SMILES string of the molecule is CCCOC(=O)c1c(NC(=O)Nc2ccc(Cl)cc2)sc2c1CCC(C)C2. The molecular weight excluding hydrogens is 384 g/mol. The van der Waals surface area contributed by atoms with E-state index in [-0.39, 0.29) is 5.97 Å². The van der Waals surface area contributed by atoms with Crippen LogP contribution in [0.4, 0.5) is 15.5 Å². The van der Waals surface area contributed by atoms with Crippen LogP contribution in [0, 0.1) is 5.92 Å². The molecule has 0 aliphatic heterocycles. The Morgan fingerprint density at radius 1 is 1.26 bits per heavy atom. The van der Waals surface area contributed by atoms with Gasteiger partial charge in [-0.2, -0.15) is 0 Å². The number of carbonyl (C=O) groups is 2. The maximum absolute atomic E-state index is 12.6. The highest BCUT2D eigenvalue weighted by Gasteiger charge is 2.29. The van der Waals surface area contributed by atoms with Crippen molar-refractivity contribution in [2.24, 2.45) is 5.92 Å². The molecule has 144 valence electrons. The molecule has 2 aromatic rings. The van der Waals surface area contributed by atoms with Crippen molar-refractivity contribution in [3.8, 4) is 0 Å². The second kappa shape index (κ2) is 8.76. The number of amides is 2. The van der Waals surface area contributed by atoms with Gasteiger partial charge in [0.05, 0.1) is 12.2 Å². The van der Waals surface area contributed by atoms with Gasteiger partial charge >= 0.3 is 12.0 Å². The molecule has 1 unspecified atom stereocenters. The van der Waals surface area contributed by atoms with Gasteiger partial charge in [0.15, 0.2) is 0 Å². The lowest BCUT2D eigenvalue weighted by Gasteiger charge is -2.18. The third-order valence-corrected chi connectivity index (χ3v) is 5.90. The van der Waals surface area contributed by atoms with Crippen LogP contribution in [0.15, 0.2) is 24.3 Å². The zero-order chi connectivity index (χ0) is 19.4. The van der Waals surface area contributed by atoms with Crippen LogP contribution >= 0.6 is 22.9 Å². The predicted molar refractivity (Wildman–Crippen MR) is 110 cm³/mol. The first-order valence-corrected chi connectivity index (χ1v) is 10.3. The van der Waals surface area contributed by atoms with Gasteiger partial charge in [-0.25, -0.2) is 9.59 Å². The molecule has 0 spiro atoms. The Hall–Kier alpha value is -2.05. The first-order valence-electron chi connectivity index (χ1n) is 9.13. The summed E-state index contributed by atoms with van der Waals surface area (Å²) in [6, 6.07) is 6.46. The highest BCUT2D eigenvalue weighted by atomic mass is 35.5. The molecule has 1 heterocycles. The van der Waals surface area contributed by atoms with Crippen LogP contribution in [0.25, 0.3) is 0 Å². The quantitative estimate of drug-likeness (QED) is 0.622. The summed E-state index contributed by atoms with van der Waals surface area (Å²) in [5.41, 5.74) is 2.17. The van der Waals surface area contributed by atoms with Crippen molar-refractivity contribution >= 4 is 45.6 Å². The number of halogens is 1. The molecule has 3 rings (SSSR count). The number of anilines is 2. The molecule has 0 fully saturated rings. The van der Waals surface area contributed by atoms with E-state index in [1.165, 1.54) is 16.2 Å². The van der Waals surface area contributed by atoms with Gasteiger partial charge in [-0.1, -0.05) is 25.4 Å². The topological polar surface area (TPSA) is 67.4 Å². The monoisotopic (exact) mass is 406 g/mol. The largest absolute Gasteiger partial charge is 0.462 e. The van der Waals surface area contributed by atoms with Gasteiger partial charge in [0.2, 0.25) is 0 Å². The normalized spacial score (nSPS) is 15.7. The Morgan fingerprint density at radius 2 is 2.00 bits per heavy atom. The Morgan fingerprint density at radius 3 is 2.70 bits per heavy atom. The van der Waals surface area contributed by atoms with Crippen LogP contribution in [-0.4, -0.2) is 18.6 Å². The number of carbonyl (C=O) groups excluding carboxylic acids is 2. The van der Waals surface area contributed by atoms with Gasteiger partial charge in [0, 0.05) is 15.6 Å². The Kier molecular flexibility index (Phi) is 6.39. The van der Waals surface area contributed by atoms with Gasteiger partial charge in [-0.05, 0) is 61.4 Å². The lowest BCUT2D eigenvalue weighted by atomic mass is 9.88. The molecule has 2 amide bonds. The number of thiophene rings is 1. The molecule has 27 heavy (non-hydrogen) atoms. The standard InChI is InChI=1S/C20H23ClN2O3S/c1-3-10-26-19(24)17-15-9-4-12(2)11-16(15)27-18(17)23-20(25)22-14-7-5-13(21)6-8-14/h5-8,12H,3-4,9-11H2,1-2H3,(H2,22,23,25). The minimum absolute atomic E-state index is 0.356. The molecule has 1 aromatic carbocycles. The van der Waals surface area contributed by atoms with Crippen LogP contribution in [0.3, 0.4) is 0 Å². The maximum Gasteiger partial charge on any atom is 0.341 e. The number of nitrogens with one attached hydrogen (secondary N) is 2. The highest BCUT2D eigenvalue weighted by molar-refractivity contribution is 7.17. The lowest BCUT2D eigenvalue weighted by Crippen LogP contribution is -2.21. The Labute approximate surface area is 168 Å². The average molecular weight is 407 g/mol. The second-order valence-corrected chi connectivity index (χ2v) is 8.32. The summed E-state index contributed by atoms with van der Waals surface area (Å²) in [6.07, 6.45) is 3.56. The number of benzene rings is 1. The molecule has 0 bridgehead atoms. The van der Waals surface area contributed by atoms with Crippen molar-refractivity contribution in [2.75, 3.05) is 17.2 Å². The van der Waals surface area contributed by atoms with E-state index in [0.29, 0.717) is 33.8 Å². The predicted octanol–water partition coefficient (Wildman–Crippen LogP) is 5.74. The smallest absolute Gasteiger partial charge is 0.341 e. The van der Waals surface area contributed by atoms with Crippen LogP contribution < -0.4 is 10.6 Å². The third kappa shape index (κ3) is 4.82. The molecule has 7 heteroatoms. The molecule has 1 atom stereocenters. The maximum atomic E-state index is 12.6. The Bertz CT molecular complexity index is 832. The molecule has 0 saturated heterocycles.